The van der Waals surface area contributed by atoms with Crippen molar-refractivity contribution in [2.24, 2.45) is 0 Å². The van der Waals surface area contributed by atoms with Crippen molar-refractivity contribution in [3.63, 3.8) is 0 Å². The molecule has 0 saturated carbocycles. The lowest BCUT2D eigenvalue weighted by molar-refractivity contribution is -0.146. The highest BCUT2D eigenvalue weighted by molar-refractivity contribution is 8.01. The van der Waals surface area contributed by atoms with E-state index in [1.165, 1.54) is 0 Å². The number of esters is 1. The van der Waals surface area contributed by atoms with E-state index in [1.54, 1.807) is 0 Å². The Kier molecular flexibility index (Phi) is 6.46. The molecule has 1 aliphatic rings. The monoisotopic (exact) mass is 275 g/mol. The number of rotatable bonds is 6. The Morgan fingerprint density at radius 3 is 2.56 bits per heavy atom. The smallest absolute Gasteiger partial charge is 0.320 e. The molecular formula is C13H25NO3S. The number of morpholine rings is 1. The molecule has 0 spiro atoms. The Labute approximate surface area is 114 Å². The maximum absolute atomic E-state index is 11.7. The molecule has 106 valence electrons. The number of nitrogens with zero attached hydrogens (tertiary/aromatic N) is 1. The molecule has 1 saturated heterocycles. The van der Waals surface area contributed by atoms with Crippen LogP contribution in [0.2, 0.25) is 0 Å². The van der Waals surface area contributed by atoms with Crippen LogP contribution in [-0.4, -0.2) is 60.3 Å². The molecule has 0 aromatic carbocycles. The van der Waals surface area contributed by atoms with Gasteiger partial charge in [-0.1, -0.05) is 13.8 Å². The van der Waals surface area contributed by atoms with Crippen LogP contribution in [0, 0.1) is 0 Å². The Morgan fingerprint density at radius 1 is 1.39 bits per heavy atom. The molecule has 0 atom stereocenters. The van der Waals surface area contributed by atoms with Gasteiger partial charge in [0, 0.05) is 17.8 Å². The number of carbonyl (C=O) groups is 1. The topological polar surface area (TPSA) is 38.8 Å². The SMILES string of the molecule is CC(C)SC(C)(C)COC(=O)CN1CCOCC1. The van der Waals surface area contributed by atoms with Gasteiger partial charge in [0.2, 0.25) is 0 Å². The summed E-state index contributed by atoms with van der Waals surface area (Å²) in [5, 5.41) is 0.540. The van der Waals surface area contributed by atoms with Gasteiger partial charge >= 0.3 is 5.97 Å². The van der Waals surface area contributed by atoms with Crippen LogP contribution in [0.1, 0.15) is 27.7 Å². The summed E-state index contributed by atoms with van der Waals surface area (Å²) in [5.41, 5.74) is 0. The Balaban J connectivity index is 2.23. The summed E-state index contributed by atoms with van der Waals surface area (Å²) in [6.07, 6.45) is 0. The van der Waals surface area contributed by atoms with Crippen LogP contribution in [0.25, 0.3) is 0 Å². The molecule has 0 amide bonds. The molecule has 1 fully saturated rings. The van der Waals surface area contributed by atoms with E-state index < -0.39 is 0 Å². The van der Waals surface area contributed by atoms with Gasteiger partial charge in [0.05, 0.1) is 19.8 Å². The van der Waals surface area contributed by atoms with Crippen molar-refractivity contribution < 1.29 is 14.3 Å². The molecule has 0 N–H and O–H groups in total. The minimum Gasteiger partial charge on any atom is -0.463 e. The first-order valence-corrected chi connectivity index (χ1v) is 7.40. The van der Waals surface area contributed by atoms with Crippen molar-refractivity contribution >= 4 is 17.7 Å². The Hall–Kier alpha value is -0.260. The van der Waals surface area contributed by atoms with Crippen LogP contribution in [-0.2, 0) is 14.3 Å². The number of hydrogen-bond donors (Lipinski definition) is 0. The van der Waals surface area contributed by atoms with Crippen molar-refractivity contribution in [1.29, 1.82) is 0 Å². The van der Waals surface area contributed by atoms with Gasteiger partial charge < -0.3 is 9.47 Å². The number of hydrogen-bond acceptors (Lipinski definition) is 5. The predicted octanol–water partition coefficient (Wildman–Crippen LogP) is 1.78. The summed E-state index contributed by atoms with van der Waals surface area (Å²) in [6, 6.07) is 0. The average molecular weight is 275 g/mol. The molecule has 4 nitrogen and oxygen atoms in total. The summed E-state index contributed by atoms with van der Waals surface area (Å²) in [6.45, 7) is 12.4. The van der Waals surface area contributed by atoms with Crippen molar-refractivity contribution in [3.05, 3.63) is 0 Å². The van der Waals surface area contributed by atoms with Gasteiger partial charge in [0.25, 0.3) is 0 Å². The van der Waals surface area contributed by atoms with Crippen molar-refractivity contribution in [2.75, 3.05) is 39.5 Å². The van der Waals surface area contributed by atoms with Crippen LogP contribution < -0.4 is 0 Å². The maximum Gasteiger partial charge on any atom is 0.320 e. The molecule has 1 aliphatic heterocycles. The van der Waals surface area contributed by atoms with E-state index in [4.69, 9.17) is 9.47 Å². The first-order valence-electron chi connectivity index (χ1n) is 6.52. The van der Waals surface area contributed by atoms with E-state index >= 15 is 0 Å². The molecular weight excluding hydrogens is 250 g/mol. The zero-order chi connectivity index (χ0) is 13.6. The summed E-state index contributed by atoms with van der Waals surface area (Å²) >= 11 is 1.83. The lowest BCUT2D eigenvalue weighted by atomic mass is 10.2. The first kappa shape index (κ1) is 15.8. The summed E-state index contributed by atoms with van der Waals surface area (Å²) < 4.78 is 10.6. The van der Waals surface area contributed by atoms with E-state index in [2.05, 4.69) is 32.6 Å². The number of ether oxygens (including phenoxy) is 2. The van der Waals surface area contributed by atoms with Gasteiger partial charge in [0.1, 0.15) is 6.61 Å². The summed E-state index contributed by atoms with van der Waals surface area (Å²) in [4.78, 5) is 13.8. The summed E-state index contributed by atoms with van der Waals surface area (Å²) in [7, 11) is 0. The van der Waals surface area contributed by atoms with Crippen LogP contribution in [0.3, 0.4) is 0 Å². The fourth-order valence-corrected chi connectivity index (χ4v) is 3.32. The van der Waals surface area contributed by atoms with Crippen LogP contribution >= 0.6 is 11.8 Å². The molecule has 5 heteroatoms. The standard InChI is InChI=1S/C13H25NO3S/c1-11(2)18-13(3,4)10-17-12(15)9-14-5-7-16-8-6-14/h11H,5-10H2,1-4H3. The molecule has 0 aliphatic carbocycles. The highest BCUT2D eigenvalue weighted by Crippen LogP contribution is 2.28. The minimum atomic E-state index is -0.130. The quantitative estimate of drug-likeness (QED) is 0.691. The normalized spacial score (nSPS) is 18.1. The molecule has 1 heterocycles. The molecule has 0 bridgehead atoms. The first-order chi connectivity index (χ1) is 8.39. The van der Waals surface area contributed by atoms with Gasteiger partial charge in [-0.05, 0) is 19.1 Å². The van der Waals surface area contributed by atoms with E-state index in [9.17, 15) is 4.79 Å². The zero-order valence-corrected chi connectivity index (χ0v) is 12.7. The third kappa shape index (κ3) is 6.61. The second-order valence-corrected chi connectivity index (χ2v) is 7.76. The fourth-order valence-electron chi connectivity index (χ4n) is 1.91. The number of thioether (sulfide) groups is 1. The zero-order valence-electron chi connectivity index (χ0n) is 11.9. The van der Waals surface area contributed by atoms with Crippen molar-refractivity contribution in [3.8, 4) is 0 Å². The van der Waals surface area contributed by atoms with Gasteiger partial charge in [-0.2, -0.15) is 0 Å². The molecule has 0 aromatic rings. The van der Waals surface area contributed by atoms with Crippen molar-refractivity contribution in [2.45, 2.75) is 37.7 Å². The van der Waals surface area contributed by atoms with E-state index in [-0.39, 0.29) is 10.7 Å². The highest BCUT2D eigenvalue weighted by atomic mass is 32.2. The second-order valence-electron chi connectivity index (χ2n) is 5.48. The highest BCUT2D eigenvalue weighted by Gasteiger charge is 2.23. The average Bonchev–Trinajstić information content (AvgIpc) is 2.26. The third-order valence-corrected chi connectivity index (χ3v) is 3.82. The lowest BCUT2D eigenvalue weighted by Crippen LogP contribution is -2.40. The molecule has 18 heavy (non-hydrogen) atoms. The molecule has 1 rings (SSSR count). The van der Waals surface area contributed by atoms with Gasteiger partial charge in [-0.25, -0.2) is 0 Å². The fraction of sp³-hybridized carbons (Fsp3) is 0.923. The Bertz CT molecular complexity index is 263. The maximum atomic E-state index is 11.7. The predicted molar refractivity (Wildman–Crippen MR) is 75.0 cm³/mol. The van der Waals surface area contributed by atoms with E-state index in [0.717, 1.165) is 13.1 Å². The number of carbonyl (C=O) groups excluding carboxylic acids is 1. The summed E-state index contributed by atoms with van der Waals surface area (Å²) in [5.74, 6) is -0.130. The third-order valence-electron chi connectivity index (χ3n) is 2.59. The van der Waals surface area contributed by atoms with Crippen LogP contribution in [0.15, 0.2) is 0 Å². The largest absolute Gasteiger partial charge is 0.463 e. The van der Waals surface area contributed by atoms with Gasteiger partial charge in [0.15, 0.2) is 0 Å². The molecule has 0 unspecified atom stereocenters. The van der Waals surface area contributed by atoms with Crippen molar-refractivity contribution in [1.82, 2.24) is 4.90 Å². The lowest BCUT2D eigenvalue weighted by Gasteiger charge is -2.28. The van der Waals surface area contributed by atoms with E-state index in [0.29, 0.717) is 31.6 Å². The van der Waals surface area contributed by atoms with Crippen LogP contribution in [0.4, 0.5) is 0 Å². The van der Waals surface area contributed by atoms with Gasteiger partial charge in [-0.15, -0.1) is 11.8 Å². The van der Waals surface area contributed by atoms with E-state index in [1.807, 2.05) is 11.8 Å². The minimum absolute atomic E-state index is 0.0190. The molecule has 0 aromatic heterocycles. The second kappa shape index (κ2) is 7.36. The van der Waals surface area contributed by atoms with Crippen LogP contribution in [0.5, 0.6) is 0 Å². The Morgan fingerprint density at radius 2 is 2.00 bits per heavy atom. The molecule has 0 radical (unpaired) electrons. The van der Waals surface area contributed by atoms with Gasteiger partial charge in [-0.3, -0.25) is 9.69 Å².